The summed E-state index contributed by atoms with van der Waals surface area (Å²) in [6.07, 6.45) is 2.60. The van der Waals surface area contributed by atoms with Crippen molar-refractivity contribution in [2.45, 2.75) is 11.6 Å². The first-order valence-electron chi connectivity index (χ1n) is 8.24. The quantitative estimate of drug-likeness (QED) is 0.548. The third-order valence-electron chi connectivity index (χ3n) is 4.29. The Morgan fingerprint density at radius 3 is 2.52 bits per heavy atom. The summed E-state index contributed by atoms with van der Waals surface area (Å²) in [6.45, 7) is 0.188. The van der Waals surface area contributed by atoms with Gasteiger partial charge in [-0.3, -0.25) is 0 Å². The van der Waals surface area contributed by atoms with Gasteiger partial charge in [0.25, 0.3) is 0 Å². The number of aromatic amines is 1. The molecule has 0 fully saturated rings. The Balaban J connectivity index is 1.70. The molecular formula is C20H16N2O4S. The van der Waals surface area contributed by atoms with Crippen LogP contribution >= 0.6 is 0 Å². The van der Waals surface area contributed by atoms with Crippen molar-refractivity contribution >= 4 is 37.6 Å². The van der Waals surface area contributed by atoms with Gasteiger partial charge in [-0.05, 0) is 29.8 Å². The summed E-state index contributed by atoms with van der Waals surface area (Å²) in [7, 11) is -3.42. The van der Waals surface area contributed by atoms with E-state index in [0.29, 0.717) is 16.5 Å². The lowest BCUT2D eigenvalue weighted by Gasteiger charge is -2.05. The fourth-order valence-corrected chi connectivity index (χ4v) is 3.49. The molecule has 0 saturated heterocycles. The summed E-state index contributed by atoms with van der Waals surface area (Å²) in [5, 5.41) is 1.43. The highest BCUT2D eigenvalue weighted by Crippen LogP contribution is 2.27. The fourth-order valence-electron chi connectivity index (χ4n) is 2.92. The summed E-state index contributed by atoms with van der Waals surface area (Å²) in [4.78, 5) is 19.6. The van der Waals surface area contributed by atoms with Gasteiger partial charge in [0.15, 0.2) is 14.9 Å². The van der Waals surface area contributed by atoms with Crippen molar-refractivity contribution in [1.82, 2.24) is 9.97 Å². The second kappa shape index (κ2) is 6.51. The minimum absolute atomic E-state index is 0.00652. The number of H-pyrrole nitrogens is 1. The first kappa shape index (κ1) is 17.2. The zero-order valence-electron chi connectivity index (χ0n) is 14.5. The van der Waals surface area contributed by atoms with E-state index in [0.717, 1.165) is 22.7 Å². The lowest BCUT2D eigenvalue weighted by atomic mass is 10.1. The van der Waals surface area contributed by atoms with Crippen LogP contribution in [-0.4, -0.2) is 30.6 Å². The second-order valence-corrected chi connectivity index (χ2v) is 8.25. The summed E-state index contributed by atoms with van der Waals surface area (Å²) in [5.41, 5.74) is 2.80. The molecule has 2 aromatic heterocycles. The predicted molar refractivity (Wildman–Crippen MR) is 102 cm³/mol. The molecule has 7 heteroatoms. The SMILES string of the molecule is CS(=O)(=O)c1cc2c(cn1)[nH]c1ccc(C(=O)OCc3ccccc3)cc12. The van der Waals surface area contributed by atoms with Crippen molar-refractivity contribution in [3.63, 3.8) is 0 Å². The Labute approximate surface area is 155 Å². The van der Waals surface area contributed by atoms with Crippen molar-refractivity contribution in [3.05, 3.63) is 71.9 Å². The van der Waals surface area contributed by atoms with Gasteiger partial charge in [-0.1, -0.05) is 30.3 Å². The number of nitrogens with one attached hydrogen (secondary N) is 1. The molecule has 0 bridgehead atoms. The van der Waals surface area contributed by atoms with Crippen LogP contribution in [0.1, 0.15) is 15.9 Å². The number of benzene rings is 2. The maximum atomic E-state index is 12.4. The number of nitrogens with zero attached hydrogens (tertiary/aromatic N) is 1. The van der Waals surface area contributed by atoms with Crippen LogP contribution in [0.15, 0.2) is 65.8 Å². The smallest absolute Gasteiger partial charge is 0.338 e. The number of hydrogen-bond acceptors (Lipinski definition) is 5. The maximum absolute atomic E-state index is 12.4. The van der Waals surface area contributed by atoms with Gasteiger partial charge < -0.3 is 9.72 Å². The van der Waals surface area contributed by atoms with E-state index < -0.39 is 15.8 Å². The summed E-state index contributed by atoms with van der Waals surface area (Å²) in [5.74, 6) is -0.438. The van der Waals surface area contributed by atoms with Gasteiger partial charge in [0.2, 0.25) is 0 Å². The van der Waals surface area contributed by atoms with E-state index >= 15 is 0 Å². The van der Waals surface area contributed by atoms with E-state index in [1.807, 2.05) is 30.3 Å². The molecule has 0 radical (unpaired) electrons. The lowest BCUT2D eigenvalue weighted by molar-refractivity contribution is 0.0473. The number of carbonyl (C=O) groups excluding carboxylic acids is 1. The molecule has 0 aliphatic rings. The molecule has 4 aromatic rings. The molecule has 0 aliphatic heterocycles. The van der Waals surface area contributed by atoms with Gasteiger partial charge in [0.05, 0.1) is 17.3 Å². The highest BCUT2D eigenvalue weighted by atomic mass is 32.2. The minimum atomic E-state index is -3.42. The number of rotatable bonds is 4. The van der Waals surface area contributed by atoms with Gasteiger partial charge in [-0.25, -0.2) is 18.2 Å². The van der Waals surface area contributed by atoms with E-state index in [2.05, 4.69) is 9.97 Å². The largest absolute Gasteiger partial charge is 0.457 e. The van der Waals surface area contributed by atoms with E-state index in [-0.39, 0.29) is 11.6 Å². The van der Waals surface area contributed by atoms with Crippen LogP contribution in [0.4, 0.5) is 0 Å². The number of hydrogen-bond donors (Lipinski definition) is 1. The van der Waals surface area contributed by atoms with E-state index in [4.69, 9.17) is 4.74 Å². The van der Waals surface area contributed by atoms with Crippen LogP contribution in [0.3, 0.4) is 0 Å². The van der Waals surface area contributed by atoms with E-state index in [9.17, 15) is 13.2 Å². The molecule has 6 nitrogen and oxygen atoms in total. The van der Waals surface area contributed by atoms with E-state index in [1.165, 1.54) is 12.3 Å². The standard InChI is InChI=1S/C20H16N2O4S/c1-27(24,25)19-10-16-15-9-14(7-8-17(15)22-18(16)11-21-19)20(23)26-12-13-5-3-2-4-6-13/h2-11,22H,12H2,1H3. The second-order valence-electron chi connectivity index (χ2n) is 6.29. The molecular weight excluding hydrogens is 364 g/mol. The molecule has 0 saturated carbocycles. The third kappa shape index (κ3) is 3.41. The molecule has 0 spiro atoms. The maximum Gasteiger partial charge on any atom is 0.338 e. The summed E-state index contributed by atoms with van der Waals surface area (Å²) < 4.78 is 28.9. The van der Waals surface area contributed by atoms with Gasteiger partial charge in [-0.2, -0.15) is 0 Å². The van der Waals surface area contributed by atoms with Crippen LogP contribution < -0.4 is 0 Å². The molecule has 0 amide bonds. The Kier molecular flexibility index (Phi) is 4.16. The van der Waals surface area contributed by atoms with Gasteiger partial charge in [0.1, 0.15) is 6.61 Å². The van der Waals surface area contributed by atoms with Gasteiger partial charge in [0, 0.05) is 22.5 Å². The van der Waals surface area contributed by atoms with Crippen molar-refractivity contribution in [2.75, 3.05) is 6.26 Å². The first-order valence-corrected chi connectivity index (χ1v) is 10.1. The average Bonchev–Trinajstić information content (AvgIpc) is 3.03. The highest BCUT2D eigenvalue weighted by Gasteiger charge is 2.15. The number of pyridine rings is 1. The Bertz CT molecular complexity index is 1260. The zero-order valence-corrected chi connectivity index (χ0v) is 15.3. The molecule has 2 aromatic carbocycles. The Morgan fingerprint density at radius 2 is 1.78 bits per heavy atom. The molecule has 0 atom stereocenters. The number of ether oxygens (including phenoxy) is 1. The Hall–Kier alpha value is -3.19. The number of fused-ring (bicyclic) bond motifs is 3. The molecule has 0 unspecified atom stereocenters. The average molecular weight is 380 g/mol. The topological polar surface area (TPSA) is 89.1 Å². The molecule has 4 rings (SSSR count). The van der Waals surface area contributed by atoms with Crippen LogP contribution in [-0.2, 0) is 21.2 Å². The predicted octanol–water partition coefficient (Wildman–Crippen LogP) is 3.48. The van der Waals surface area contributed by atoms with Crippen molar-refractivity contribution in [2.24, 2.45) is 0 Å². The normalized spacial score (nSPS) is 11.7. The van der Waals surface area contributed by atoms with Gasteiger partial charge >= 0.3 is 5.97 Å². The zero-order chi connectivity index (χ0) is 19.0. The number of sulfone groups is 1. The molecule has 27 heavy (non-hydrogen) atoms. The Morgan fingerprint density at radius 1 is 1.04 bits per heavy atom. The lowest BCUT2D eigenvalue weighted by Crippen LogP contribution is -2.05. The monoisotopic (exact) mass is 380 g/mol. The van der Waals surface area contributed by atoms with Crippen molar-refractivity contribution in [3.8, 4) is 0 Å². The van der Waals surface area contributed by atoms with Crippen molar-refractivity contribution < 1.29 is 17.9 Å². The first-order chi connectivity index (χ1) is 12.9. The fraction of sp³-hybridized carbons (Fsp3) is 0.100. The molecule has 1 N–H and O–H groups in total. The van der Waals surface area contributed by atoms with Crippen LogP contribution in [0.2, 0.25) is 0 Å². The molecule has 0 aliphatic carbocycles. The summed E-state index contributed by atoms with van der Waals surface area (Å²) >= 11 is 0. The third-order valence-corrected chi connectivity index (χ3v) is 5.27. The van der Waals surface area contributed by atoms with E-state index in [1.54, 1.807) is 18.2 Å². The molecule has 136 valence electrons. The highest BCUT2D eigenvalue weighted by molar-refractivity contribution is 7.90. The minimum Gasteiger partial charge on any atom is -0.457 e. The molecule has 2 heterocycles. The van der Waals surface area contributed by atoms with Crippen molar-refractivity contribution in [1.29, 1.82) is 0 Å². The van der Waals surface area contributed by atoms with Gasteiger partial charge in [-0.15, -0.1) is 0 Å². The van der Waals surface area contributed by atoms with Crippen LogP contribution in [0.25, 0.3) is 21.8 Å². The van der Waals surface area contributed by atoms with Crippen LogP contribution in [0, 0.1) is 0 Å². The number of aromatic nitrogens is 2. The van der Waals surface area contributed by atoms with Crippen LogP contribution in [0.5, 0.6) is 0 Å². The summed E-state index contributed by atoms with van der Waals surface area (Å²) in [6, 6.07) is 16.1. The number of carbonyl (C=O) groups is 1. The number of esters is 1.